The lowest BCUT2D eigenvalue weighted by Gasteiger charge is -2.38. The number of nitrogens with zero attached hydrogens (tertiary/aromatic N) is 5. The molecule has 250 valence electrons. The van der Waals surface area contributed by atoms with Gasteiger partial charge >= 0.3 is 0 Å². The van der Waals surface area contributed by atoms with E-state index < -0.39 is 0 Å². The average Bonchev–Trinajstić information content (AvgIpc) is 3.08. The molecule has 2 aromatic carbocycles. The molecule has 2 aliphatic heterocycles. The number of hydrogen-bond donors (Lipinski definition) is 3. The predicted octanol–water partition coefficient (Wildman–Crippen LogP) is 3.84. The molecule has 5 rings (SSSR count). The Morgan fingerprint density at radius 2 is 1.66 bits per heavy atom. The number of piperazine rings is 1. The third-order valence-electron chi connectivity index (χ3n) is 8.73. The van der Waals surface area contributed by atoms with Crippen LogP contribution in [0.15, 0.2) is 54.7 Å². The monoisotopic (exact) mass is 662 g/mol. The van der Waals surface area contributed by atoms with Gasteiger partial charge in [0.1, 0.15) is 10.8 Å². The number of aromatic nitrogens is 2. The van der Waals surface area contributed by atoms with Crippen LogP contribution in [0.3, 0.4) is 0 Å². The second kappa shape index (κ2) is 15.8. The van der Waals surface area contributed by atoms with E-state index in [1.165, 1.54) is 0 Å². The van der Waals surface area contributed by atoms with E-state index in [1.54, 1.807) is 27.3 Å². The third kappa shape index (κ3) is 9.03. The molecular weight excluding hydrogens is 620 g/mol. The van der Waals surface area contributed by atoms with Crippen molar-refractivity contribution in [1.29, 1.82) is 0 Å². The molecule has 3 N–H and O–H groups in total. The lowest BCUT2D eigenvalue weighted by molar-refractivity contribution is -0.129. The van der Waals surface area contributed by atoms with Gasteiger partial charge in [0.2, 0.25) is 23.7 Å². The first-order valence-corrected chi connectivity index (χ1v) is 16.3. The Balaban J connectivity index is 1.29. The number of benzene rings is 2. The van der Waals surface area contributed by atoms with Crippen molar-refractivity contribution in [2.75, 3.05) is 68.5 Å². The van der Waals surface area contributed by atoms with Gasteiger partial charge in [-0.15, -0.1) is 0 Å². The zero-order valence-electron chi connectivity index (χ0n) is 27.2. The molecule has 2 saturated heterocycles. The summed E-state index contributed by atoms with van der Waals surface area (Å²) in [6.45, 7) is 6.04. The van der Waals surface area contributed by atoms with E-state index >= 15 is 0 Å². The molecule has 1 aromatic heterocycles. The molecular formula is C34H43ClN8O4. The summed E-state index contributed by atoms with van der Waals surface area (Å²) < 4.78 is 5.72. The number of halogens is 1. The van der Waals surface area contributed by atoms with Gasteiger partial charge < -0.3 is 35.4 Å². The van der Waals surface area contributed by atoms with E-state index in [4.69, 9.17) is 21.3 Å². The van der Waals surface area contributed by atoms with Gasteiger partial charge in [-0.2, -0.15) is 4.98 Å². The number of ether oxygens (including phenoxy) is 1. The Bertz CT molecular complexity index is 1550. The van der Waals surface area contributed by atoms with Crippen molar-refractivity contribution in [2.24, 2.45) is 11.8 Å². The minimum atomic E-state index is -0.0449. The van der Waals surface area contributed by atoms with Crippen molar-refractivity contribution in [3.05, 3.63) is 65.3 Å². The summed E-state index contributed by atoms with van der Waals surface area (Å²) in [4.78, 5) is 52.4. The molecule has 0 aliphatic carbocycles. The first kappa shape index (κ1) is 33.8. The fourth-order valence-electron chi connectivity index (χ4n) is 6.30. The van der Waals surface area contributed by atoms with Gasteiger partial charge in [0.05, 0.1) is 19.0 Å². The number of rotatable bonds is 11. The second-order valence-electron chi connectivity index (χ2n) is 12.1. The number of nitrogens with one attached hydrogen (secondary N) is 3. The molecule has 0 spiro atoms. The highest BCUT2D eigenvalue weighted by Crippen LogP contribution is 2.35. The lowest BCUT2D eigenvalue weighted by Crippen LogP contribution is -2.48. The average molecular weight is 663 g/mol. The molecule has 0 saturated carbocycles. The van der Waals surface area contributed by atoms with Gasteiger partial charge in [0.25, 0.3) is 0 Å². The van der Waals surface area contributed by atoms with Gasteiger partial charge in [-0.3, -0.25) is 14.4 Å². The van der Waals surface area contributed by atoms with Crippen LogP contribution in [0.2, 0.25) is 5.02 Å². The quantitative estimate of drug-likeness (QED) is 0.280. The predicted molar refractivity (Wildman–Crippen MR) is 183 cm³/mol. The Morgan fingerprint density at radius 1 is 0.957 bits per heavy atom. The Hall–Kier alpha value is -4.58. The summed E-state index contributed by atoms with van der Waals surface area (Å²) in [5.74, 6) is 1.54. The van der Waals surface area contributed by atoms with E-state index in [1.807, 2.05) is 53.4 Å². The van der Waals surface area contributed by atoms with Gasteiger partial charge in [-0.05, 0) is 36.0 Å². The topological polar surface area (TPSA) is 132 Å². The molecule has 0 unspecified atom stereocenters. The second-order valence-corrected chi connectivity index (χ2v) is 12.5. The standard InChI is InChI=1S/C34H43ClN8O4/c1-23(44)41-11-13-42(14-12-41)27-9-10-29(30(18-27)47-3)39-34-38-20-28(35)33(40-34)43-21-25(16-31(45)36-2)15-26(22-43)17-32(46)37-19-24-7-5-4-6-8-24/h4-10,18,20,25-26H,11-17,19,21-22H2,1-3H3,(H,36,45)(H,37,46)(H,38,39,40)/t25-,26+/m0/s1. The highest BCUT2D eigenvalue weighted by atomic mass is 35.5. The molecule has 2 atom stereocenters. The van der Waals surface area contributed by atoms with Gasteiger partial charge in [-0.1, -0.05) is 41.9 Å². The maximum absolute atomic E-state index is 13.0. The van der Waals surface area contributed by atoms with Crippen LogP contribution in [0, 0.1) is 11.8 Å². The Labute approximate surface area is 280 Å². The Morgan fingerprint density at radius 3 is 2.32 bits per heavy atom. The van der Waals surface area contributed by atoms with Crippen LogP contribution < -0.4 is 30.5 Å². The normalized spacial score (nSPS) is 18.0. The Kier molecular flexibility index (Phi) is 11.4. The van der Waals surface area contributed by atoms with Crippen molar-refractivity contribution in [3.8, 4) is 5.75 Å². The van der Waals surface area contributed by atoms with Crippen molar-refractivity contribution in [2.45, 2.75) is 32.7 Å². The van der Waals surface area contributed by atoms with Crippen molar-refractivity contribution in [3.63, 3.8) is 0 Å². The van der Waals surface area contributed by atoms with Gasteiger partial charge in [0.15, 0.2) is 5.82 Å². The SMILES string of the molecule is CNC(=O)C[C@@H]1C[C@H](CC(=O)NCc2ccccc2)CN(c2nc(Nc3ccc(N4CCN(C(C)=O)CC4)cc3OC)ncc2Cl)C1. The van der Waals surface area contributed by atoms with Crippen LogP contribution in [0.25, 0.3) is 0 Å². The highest BCUT2D eigenvalue weighted by molar-refractivity contribution is 6.32. The molecule has 0 bridgehead atoms. The van der Waals surface area contributed by atoms with Crippen molar-refractivity contribution < 1.29 is 19.1 Å². The molecule has 13 heteroatoms. The summed E-state index contributed by atoms with van der Waals surface area (Å²) in [6.07, 6.45) is 2.97. The number of carbonyl (C=O) groups is 3. The summed E-state index contributed by atoms with van der Waals surface area (Å²) in [5, 5.41) is 9.41. The van der Waals surface area contributed by atoms with E-state index in [2.05, 4.69) is 30.7 Å². The van der Waals surface area contributed by atoms with E-state index in [0.29, 0.717) is 73.8 Å². The highest BCUT2D eigenvalue weighted by Gasteiger charge is 2.32. The molecule has 3 amide bonds. The summed E-state index contributed by atoms with van der Waals surface area (Å²) >= 11 is 6.67. The van der Waals surface area contributed by atoms with Crippen LogP contribution in [-0.4, -0.2) is 86.0 Å². The van der Waals surface area contributed by atoms with Crippen molar-refractivity contribution in [1.82, 2.24) is 25.5 Å². The minimum absolute atomic E-state index is 0.00146. The molecule has 2 aliphatic rings. The number of hydrogen-bond acceptors (Lipinski definition) is 9. The largest absolute Gasteiger partial charge is 0.494 e. The number of methoxy groups -OCH3 is 1. The first-order valence-electron chi connectivity index (χ1n) is 16.0. The van der Waals surface area contributed by atoms with E-state index in [-0.39, 0.29) is 29.6 Å². The molecule has 2 fully saturated rings. The van der Waals surface area contributed by atoms with Crippen molar-refractivity contribution >= 4 is 52.5 Å². The fraction of sp³-hybridized carbons (Fsp3) is 0.441. The number of piperidine rings is 1. The van der Waals surface area contributed by atoms with Crippen LogP contribution in [0.5, 0.6) is 5.75 Å². The first-order chi connectivity index (χ1) is 22.7. The number of amides is 3. The van der Waals surface area contributed by atoms with Gasteiger partial charge in [-0.25, -0.2) is 4.98 Å². The number of anilines is 4. The molecule has 47 heavy (non-hydrogen) atoms. The smallest absolute Gasteiger partial charge is 0.229 e. The zero-order chi connectivity index (χ0) is 33.3. The lowest BCUT2D eigenvalue weighted by atomic mass is 9.85. The third-order valence-corrected chi connectivity index (χ3v) is 9.00. The summed E-state index contributed by atoms with van der Waals surface area (Å²) in [7, 11) is 3.24. The number of carbonyl (C=O) groups excluding carboxylic acids is 3. The van der Waals surface area contributed by atoms with Gasteiger partial charge in [0, 0.05) is 84.4 Å². The molecule has 12 nitrogen and oxygen atoms in total. The van der Waals surface area contributed by atoms with Crippen LogP contribution in [-0.2, 0) is 20.9 Å². The minimum Gasteiger partial charge on any atom is -0.494 e. The van der Waals surface area contributed by atoms with Crippen LogP contribution >= 0.6 is 11.6 Å². The van der Waals surface area contributed by atoms with E-state index in [9.17, 15) is 14.4 Å². The maximum atomic E-state index is 13.0. The van der Waals surface area contributed by atoms with Crippen LogP contribution in [0.1, 0.15) is 31.7 Å². The van der Waals surface area contributed by atoms with Crippen LogP contribution in [0.4, 0.5) is 23.1 Å². The molecule has 0 radical (unpaired) electrons. The maximum Gasteiger partial charge on any atom is 0.229 e. The fourth-order valence-corrected chi connectivity index (χ4v) is 6.51. The zero-order valence-corrected chi connectivity index (χ0v) is 27.9. The van der Waals surface area contributed by atoms with E-state index in [0.717, 1.165) is 30.8 Å². The molecule has 3 heterocycles. The molecule has 3 aromatic rings. The summed E-state index contributed by atoms with van der Waals surface area (Å²) in [6, 6.07) is 15.7. The summed E-state index contributed by atoms with van der Waals surface area (Å²) in [5.41, 5.74) is 2.73.